The SMILES string of the molecule is CC(C)(C)c1ccc(N(c2ccc(C=Cc3ccc(N(c4ccccc4)c4ccc5ccccc5c4)cc3)cc2)c2ccc(-c3ccccc3)cc2)cc1. The average molecular weight is 697 g/mol. The Bertz CT molecular complexity index is 2470. The predicted octanol–water partition coefficient (Wildman–Crippen LogP) is 14.9. The van der Waals surface area contributed by atoms with Crippen LogP contribution in [0.2, 0.25) is 0 Å². The highest BCUT2D eigenvalue weighted by molar-refractivity contribution is 5.89. The molecule has 0 aliphatic rings. The van der Waals surface area contributed by atoms with Crippen molar-refractivity contribution in [3.8, 4) is 11.1 Å². The smallest absolute Gasteiger partial charge is 0.0468 e. The molecule has 0 aliphatic carbocycles. The minimum atomic E-state index is 0.0908. The van der Waals surface area contributed by atoms with Gasteiger partial charge in [0.2, 0.25) is 0 Å². The molecule has 0 saturated carbocycles. The summed E-state index contributed by atoms with van der Waals surface area (Å²) in [5.41, 5.74) is 12.9. The molecule has 2 heteroatoms. The predicted molar refractivity (Wildman–Crippen MR) is 233 cm³/mol. The quantitative estimate of drug-likeness (QED) is 0.139. The molecule has 2 nitrogen and oxygen atoms in total. The lowest BCUT2D eigenvalue weighted by Crippen LogP contribution is -2.13. The molecule has 262 valence electrons. The van der Waals surface area contributed by atoms with Gasteiger partial charge in [-0.3, -0.25) is 0 Å². The fraction of sp³-hybridized carbons (Fsp3) is 0.0769. The Balaban J connectivity index is 1.05. The monoisotopic (exact) mass is 696 g/mol. The van der Waals surface area contributed by atoms with Crippen LogP contribution >= 0.6 is 0 Å². The lowest BCUT2D eigenvalue weighted by molar-refractivity contribution is 0.590. The standard InChI is InChI=1S/C52H44N2/c1-52(2,3)45-27-36-50(37-28-45)53(49-33-24-43(25-34-49)41-12-6-4-7-13-41)47-29-20-39(21-30-47)18-19-40-22-31-48(32-23-40)54(46-16-8-5-9-17-46)51-35-26-42-14-10-11-15-44(42)38-51/h4-38H,1-3H3. The van der Waals surface area contributed by atoms with Crippen LogP contribution in [0.5, 0.6) is 0 Å². The summed E-state index contributed by atoms with van der Waals surface area (Å²) in [5, 5.41) is 2.46. The van der Waals surface area contributed by atoms with E-state index in [2.05, 4.69) is 243 Å². The molecule has 0 fully saturated rings. The molecule has 0 unspecified atom stereocenters. The molecule has 0 radical (unpaired) electrons. The van der Waals surface area contributed by atoms with Gasteiger partial charge in [0.1, 0.15) is 0 Å². The van der Waals surface area contributed by atoms with E-state index in [-0.39, 0.29) is 5.41 Å². The summed E-state index contributed by atoms with van der Waals surface area (Å²) in [4.78, 5) is 4.65. The average Bonchev–Trinajstić information content (AvgIpc) is 3.22. The molecule has 54 heavy (non-hydrogen) atoms. The maximum Gasteiger partial charge on any atom is 0.0468 e. The zero-order valence-electron chi connectivity index (χ0n) is 31.1. The summed E-state index contributed by atoms with van der Waals surface area (Å²) in [7, 11) is 0. The van der Waals surface area contributed by atoms with Crippen LogP contribution in [0, 0.1) is 0 Å². The third-order valence-corrected chi connectivity index (χ3v) is 10.0. The summed E-state index contributed by atoms with van der Waals surface area (Å²) in [5.74, 6) is 0. The van der Waals surface area contributed by atoms with Crippen LogP contribution in [0.25, 0.3) is 34.1 Å². The second kappa shape index (κ2) is 15.1. The maximum absolute atomic E-state index is 2.33. The largest absolute Gasteiger partial charge is 0.311 e. The molecule has 0 atom stereocenters. The summed E-state index contributed by atoms with van der Waals surface area (Å²) >= 11 is 0. The van der Waals surface area contributed by atoms with Crippen LogP contribution < -0.4 is 9.80 Å². The van der Waals surface area contributed by atoms with Gasteiger partial charge < -0.3 is 9.80 Å². The van der Waals surface area contributed by atoms with Gasteiger partial charge in [0.15, 0.2) is 0 Å². The Hall–Kier alpha value is -6.64. The first kappa shape index (κ1) is 34.4. The highest BCUT2D eigenvalue weighted by Crippen LogP contribution is 2.38. The molecule has 0 amide bonds. The van der Waals surface area contributed by atoms with Crippen LogP contribution in [0.3, 0.4) is 0 Å². The highest BCUT2D eigenvalue weighted by atomic mass is 15.1. The van der Waals surface area contributed by atoms with Gasteiger partial charge in [-0.15, -0.1) is 0 Å². The third kappa shape index (κ3) is 7.60. The Morgan fingerprint density at radius 2 is 0.722 bits per heavy atom. The van der Waals surface area contributed by atoms with Crippen LogP contribution in [-0.2, 0) is 5.41 Å². The fourth-order valence-corrected chi connectivity index (χ4v) is 6.99. The first-order chi connectivity index (χ1) is 26.4. The van der Waals surface area contributed by atoms with Gasteiger partial charge in [-0.1, -0.05) is 160 Å². The fourth-order valence-electron chi connectivity index (χ4n) is 6.99. The number of para-hydroxylation sites is 1. The van der Waals surface area contributed by atoms with Gasteiger partial charge >= 0.3 is 0 Å². The normalized spacial score (nSPS) is 11.5. The van der Waals surface area contributed by atoms with Crippen molar-refractivity contribution in [1.82, 2.24) is 0 Å². The summed E-state index contributed by atoms with van der Waals surface area (Å²) in [6.07, 6.45) is 4.38. The van der Waals surface area contributed by atoms with Crippen molar-refractivity contribution in [3.05, 3.63) is 217 Å². The molecule has 0 saturated heterocycles. The van der Waals surface area contributed by atoms with Crippen molar-refractivity contribution < 1.29 is 0 Å². The number of hydrogen-bond acceptors (Lipinski definition) is 2. The molecular weight excluding hydrogens is 653 g/mol. The topological polar surface area (TPSA) is 6.48 Å². The molecule has 0 aromatic heterocycles. The van der Waals surface area contributed by atoms with Crippen molar-refractivity contribution in [2.24, 2.45) is 0 Å². The molecule has 0 aliphatic heterocycles. The Kier molecular flexibility index (Phi) is 9.66. The summed E-state index contributed by atoms with van der Waals surface area (Å²) in [6, 6.07) is 71.8. The van der Waals surface area contributed by atoms with E-state index < -0.39 is 0 Å². The lowest BCUT2D eigenvalue weighted by Gasteiger charge is -2.27. The van der Waals surface area contributed by atoms with Crippen molar-refractivity contribution in [2.45, 2.75) is 26.2 Å². The zero-order chi connectivity index (χ0) is 36.9. The van der Waals surface area contributed by atoms with Crippen molar-refractivity contribution in [2.75, 3.05) is 9.80 Å². The van der Waals surface area contributed by atoms with E-state index in [1.807, 2.05) is 0 Å². The molecule has 8 aromatic carbocycles. The zero-order valence-corrected chi connectivity index (χ0v) is 31.1. The van der Waals surface area contributed by atoms with Crippen molar-refractivity contribution in [3.63, 3.8) is 0 Å². The van der Waals surface area contributed by atoms with Gasteiger partial charge in [0, 0.05) is 34.1 Å². The van der Waals surface area contributed by atoms with Crippen molar-refractivity contribution in [1.29, 1.82) is 0 Å². The maximum atomic E-state index is 2.33. The van der Waals surface area contributed by atoms with Gasteiger partial charge in [-0.05, 0) is 117 Å². The minimum Gasteiger partial charge on any atom is -0.311 e. The highest BCUT2D eigenvalue weighted by Gasteiger charge is 2.17. The van der Waals surface area contributed by atoms with Crippen LogP contribution in [0.1, 0.15) is 37.5 Å². The number of rotatable bonds is 9. The van der Waals surface area contributed by atoms with Gasteiger partial charge in [0.25, 0.3) is 0 Å². The van der Waals surface area contributed by atoms with E-state index in [1.165, 1.54) is 27.5 Å². The molecule has 8 rings (SSSR count). The van der Waals surface area contributed by atoms with Crippen LogP contribution in [-0.4, -0.2) is 0 Å². The van der Waals surface area contributed by atoms with E-state index in [0.717, 1.165) is 45.3 Å². The molecule has 0 heterocycles. The molecule has 0 N–H and O–H groups in total. The number of anilines is 6. The van der Waals surface area contributed by atoms with E-state index >= 15 is 0 Å². The van der Waals surface area contributed by atoms with E-state index in [4.69, 9.17) is 0 Å². The number of benzene rings is 8. The second-order valence-electron chi connectivity index (χ2n) is 14.8. The number of fused-ring (bicyclic) bond motifs is 1. The molecular formula is C52H44N2. The van der Waals surface area contributed by atoms with Crippen LogP contribution in [0.15, 0.2) is 200 Å². The Morgan fingerprint density at radius 3 is 1.26 bits per heavy atom. The molecule has 8 aromatic rings. The second-order valence-corrected chi connectivity index (χ2v) is 14.8. The van der Waals surface area contributed by atoms with Crippen molar-refractivity contribution >= 4 is 57.0 Å². The van der Waals surface area contributed by atoms with Crippen LogP contribution in [0.4, 0.5) is 34.1 Å². The first-order valence-electron chi connectivity index (χ1n) is 18.7. The lowest BCUT2D eigenvalue weighted by atomic mass is 9.87. The van der Waals surface area contributed by atoms with Gasteiger partial charge in [0.05, 0.1) is 0 Å². The van der Waals surface area contributed by atoms with E-state index in [9.17, 15) is 0 Å². The van der Waals surface area contributed by atoms with Gasteiger partial charge in [-0.25, -0.2) is 0 Å². The van der Waals surface area contributed by atoms with Gasteiger partial charge in [-0.2, -0.15) is 0 Å². The molecule has 0 spiro atoms. The van der Waals surface area contributed by atoms with E-state index in [0.29, 0.717) is 0 Å². The Labute approximate surface area is 319 Å². The number of hydrogen-bond donors (Lipinski definition) is 0. The summed E-state index contributed by atoms with van der Waals surface area (Å²) < 4.78 is 0. The van der Waals surface area contributed by atoms with E-state index in [1.54, 1.807) is 0 Å². The minimum absolute atomic E-state index is 0.0908. The Morgan fingerprint density at radius 1 is 0.333 bits per heavy atom. The summed E-state index contributed by atoms with van der Waals surface area (Å²) in [6.45, 7) is 6.77. The number of nitrogens with zero attached hydrogens (tertiary/aromatic N) is 2. The third-order valence-electron chi connectivity index (χ3n) is 10.0. The first-order valence-corrected chi connectivity index (χ1v) is 18.7. The molecule has 0 bridgehead atoms.